The third kappa shape index (κ3) is 2.03. The lowest BCUT2D eigenvalue weighted by molar-refractivity contribution is 0.849. The van der Waals surface area contributed by atoms with Crippen molar-refractivity contribution in [1.29, 1.82) is 0 Å². The van der Waals surface area contributed by atoms with E-state index in [2.05, 4.69) is 45.6 Å². The molecule has 4 heteroatoms. The SMILES string of the molecule is Cc1ccc2[nH]c(-c3cc(C(C)C)cn3C)nc2n1. The second-order valence-corrected chi connectivity index (χ2v) is 5.33. The molecule has 19 heavy (non-hydrogen) atoms. The van der Waals surface area contributed by atoms with Gasteiger partial charge in [0.05, 0.1) is 11.2 Å². The van der Waals surface area contributed by atoms with Gasteiger partial charge in [-0.05, 0) is 36.6 Å². The van der Waals surface area contributed by atoms with Crippen molar-refractivity contribution >= 4 is 11.2 Å². The zero-order valence-electron chi connectivity index (χ0n) is 11.7. The van der Waals surface area contributed by atoms with Gasteiger partial charge in [0.1, 0.15) is 0 Å². The largest absolute Gasteiger partial charge is 0.348 e. The summed E-state index contributed by atoms with van der Waals surface area (Å²) in [5, 5.41) is 0. The number of nitrogens with one attached hydrogen (secondary N) is 1. The maximum Gasteiger partial charge on any atom is 0.178 e. The van der Waals surface area contributed by atoms with Crippen LogP contribution < -0.4 is 0 Å². The Morgan fingerprint density at radius 3 is 2.68 bits per heavy atom. The Bertz CT molecular complexity index is 734. The number of rotatable bonds is 2. The van der Waals surface area contributed by atoms with Crippen molar-refractivity contribution in [3.05, 3.63) is 35.7 Å². The number of hydrogen-bond donors (Lipinski definition) is 1. The van der Waals surface area contributed by atoms with E-state index < -0.39 is 0 Å². The number of hydrogen-bond acceptors (Lipinski definition) is 2. The molecular formula is C15H18N4. The van der Waals surface area contributed by atoms with Crippen LogP contribution in [0, 0.1) is 6.92 Å². The summed E-state index contributed by atoms with van der Waals surface area (Å²) in [4.78, 5) is 12.4. The van der Waals surface area contributed by atoms with Gasteiger partial charge in [-0.1, -0.05) is 13.8 Å². The van der Waals surface area contributed by atoms with Gasteiger partial charge in [-0.25, -0.2) is 9.97 Å². The van der Waals surface area contributed by atoms with E-state index in [9.17, 15) is 0 Å². The highest BCUT2D eigenvalue weighted by atomic mass is 15.0. The maximum absolute atomic E-state index is 4.59. The van der Waals surface area contributed by atoms with E-state index in [1.54, 1.807) is 0 Å². The minimum atomic E-state index is 0.518. The van der Waals surface area contributed by atoms with Gasteiger partial charge < -0.3 is 9.55 Å². The van der Waals surface area contributed by atoms with Crippen LogP contribution in [0.2, 0.25) is 0 Å². The average Bonchev–Trinajstić information content (AvgIpc) is 2.91. The van der Waals surface area contributed by atoms with Crippen LogP contribution in [-0.2, 0) is 7.05 Å². The van der Waals surface area contributed by atoms with Crippen LogP contribution in [0.15, 0.2) is 24.4 Å². The monoisotopic (exact) mass is 254 g/mol. The number of pyridine rings is 1. The van der Waals surface area contributed by atoms with Gasteiger partial charge in [0.2, 0.25) is 0 Å². The molecule has 0 fully saturated rings. The van der Waals surface area contributed by atoms with Gasteiger partial charge in [0, 0.05) is 18.9 Å². The minimum Gasteiger partial charge on any atom is -0.348 e. The lowest BCUT2D eigenvalue weighted by atomic mass is 10.1. The predicted octanol–water partition coefficient (Wildman–Crippen LogP) is 3.40. The summed E-state index contributed by atoms with van der Waals surface area (Å²) < 4.78 is 2.11. The first kappa shape index (κ1) is 12.0. The van der Waals surface area contributed by atoms with Crippen LogP contribution in [0.25, 0.3) is 22.7 Å². The topological polar surface area (TPSA) is 46.5 Å². The summed E-state index contributed by atoms with van der Waals surface area (Å²) in [7, 11) is 2.05. The number of nitrogens with zero attached hydrogens (tertiary/aromatic N) is 3. The average molecular weight is 254 g/mol. The summed E-state index contributed by atoms with van der Waals surface area (Å²) in [5.41, 5.74) is 5.16. The molecule has 0 aliphatic rings. The van der Waals surface area contributed by atoms with E-state index >= 15 is 0 Å². The fraction of sp³-hybridized carbons (Fsp3) is 0.333. The predicted molar refractivity (Wildman–Crippen MR) is 77.1 cm³/mol. The van der Waals surface area contributed by atoms with Gasteiger partial charge >= 0.3 is 0 Å². The molecule has 0 spiro atoms. The Morgan fingerprint density at radius 2 is 2.00 bits per heavy atom. The molecule has 0 saturated carbocycles. The van der Waals surface area contributed by atoms with Crippen molar-refractivity contribution in [1.82, 2.24) is 19.5 Å². The molecular weight excluding hydrogens is 236 g/mol. The molecule has 0 bridgehead atoms. The van der Waals surface area contributed by atoms with E-state index in [4.69, 9.17) is 0 Å². The number of fused-ring (bicyclic) bond motifs is 1. The lowest BCUT2D eigenvalue weighted by Gasteiger charge is -1.97. The first-order valence-corrected chi connectivity index (χ1v) is 6.54. The molecule has 0 atom stereocenters. The van der Waals surface area contributed by atoms with Gasteiger partial charge in [-0.3, -0.25) is 0 Å². The zero-order chi connectivity index (χ0) is 13.6. The molecule has 0 unspecified atom stereocenters. The molecule has 3 aromatic heterocycles. The Hall–Kier alpha value is -2.10. The lowest BCUT2D eigenvalue weighted by Crippen LogP contribution is -1.90. The highest BCUT2D eigenvalue weighted by molar-refractivity contribution is 5.75. The quantitative estimate of drug-likeness (QED) is 0.762. The first-order chi connectivity index (χ1) is 9.04. The van der Waals surface area contributed by atoms with Crippen LogP contribution in [-0.4, -0.2) is 19.5 Å². The van der Waals surface area contributed by atoms with Crippen LogP contribution >= 0.6 is 0 Å². The first-order valence-electron chi connectivity index (χ1n) is 6.54. The van der Waals surface area contributed by atoms with Crippen LogP contribution in [0.1, 0.15) is 31.0 Å². The van der Waals surface area contributed by atoms with Crippen molar-refractivity contribution in [3.63, 3.8) is 0 Å². The van der Waals surface area contributed by atoms with Crippen molar-refractivity contribution in [2.45, 2.75) is 26.7 Å². The third-order valence-corrected chi connectivity index (χ3v) is 3.42. The second kappa shape index (κ2) is 4.23. The number of aryl methyl sites for hydroxylation is 2. The molecule has 0 radical (unpaired) electrons. The smallest absolute Gasteiger partial charge is 0.178 e. The number of imidazole rings is 1. The van der Waals surface area contributed by atoms with Crippen LogP contribution in [0.4, 0.5) is 0 Å². The van der Waals surface area contributed by atoms with Crippen molar-refractivity contribution in [2.24, 2.45) is 7.05 Å². The Labute approximate surface area is 112 Å². The van der Waals surface area contributed by atoms with Crippen molar-refractivity contribution in [2.75, 3.05) is 0 Å². The molecule has 3 rings (SSSR count). The van der Waals surface area contributed by atoms with E-state index in [1.165, 1.54) is 5.56 Å². The maximum atomic E-state index is 4.59. The Kier molecular flexibility index (Phi) is 2.66. The highest BCUT2D eigenvalue weighted by Gasteiger charge is 2.12. The van der Waals surface area contributed by atoms with Crippen molar-refractivity contribution in [3.8, 4) is 11.5 Å². The van der Waals surface area contributed by atoms with E-state index in [1.807, 2.05) is 26.1 Å². The fourth-order valence-electron chi connectivity index (χ4n) is 2.25. The Balaban J connectivity index is 2.13. The van der Waals surface area contributed by atoms with Gasteiger partial charge in [-0.15, -0.1) is 0 Å². The summed E-state index contributed by atoms with van der Waals surface area (Å²) >= 11 is 0. The van der Waals surface area contributed by atoms with E-state index in [0.29, 0.717) is 5.92 Å². The van der Waals surface area contributed by atoms with Crippen molar-refractivity contribution < 1.29 is 0 Å². The Morgan fingerprint density at radius 1 is 1.21 bits per heavy atom. The minimum absolute atomic E-state index is 0.518. The second-order valence-electron chi connectivity index (χ2n) is 5.33. The number of H-pyrrole nitrogens is 1. The molecule has 0 aliphatic heterocycles. The summed E-state index contributed by atoms with van der Waals surface area (Å²) in [6.07, 6.45) is 2.16. The van der Waals surface area contributed by atoms with Crippen LogP contribution in [0.5, 0.6) is 0 Å². The van der Waals surface area contributed by atoms with Gasteiger partial charge in [-0.2, -0.15) is 0 Å². The highest BCUT2D eigenvalue weighted by Crippen LogP contribution is 2.25. The molecule has 3 heterocycles. The number of aromatic nitrogens is 4. The molecule has 1 N–H and O–H groups in total. The summed E-state index contributed by atoms with van der Waals surface area (Å²) in [6, 6.07) is 6.21. The third-order valence-electron chi connectivity index (χ3n) is 3.42. The zero-order valence-corrected chi connectivity index (χ0v) is 11.7. The van der Waals surface area contributed by atoms with Crippen LogP contribution in [0.3, 0.4) is 0 Å². The number of aromatic amines is 1. The molecule has 4 nitrogen and oxygen atoms in total. The molecule has 3 aromatic rings. The van der Waals surface area contributed by atoms with E-state index in [-0.39, 0.29) is 0 Å². The fourth-order valence-corrected chi connectivity index (χ4v) is 2.25. The van der Waals surface area contributed by atoms with Gasteiger partial charge in [0.25, 0.3) is 0 Å². The molecule has 0 saturated heterocycles. The summed E-state index contributed by atoms with van der Waals surface area (Å²) in [5.74, 6) is 1.40. The van der Waals surface area contributed by atoms with Gasteiger partial charge in [0.15, 0.2) is 11.5 Å². The van der Waals surface area contributed by atoms with E-state index in [0.717, 1.165) is 28.4 Å². The molecule has 0 aliphatic carbocycles. The molecule has 0 amide bonds. The normalized spacial score (nSPS) is 11.6. The summed E-state index contributed by atoms with van der Waals surface area (Å²) in [6.45, 7) is 6.37. The standard InChI is InChI=1S/C15H18N4/c1-9(2)11-7-13(19(4)8-11)15-17-12-6-5-10(3)16-14(12)18-15/h5-9H,1-4H3,(H,16,17,18). The molecule has 0 aromatic carbocycles. The molecule has 98 valence electrons.